The van der Waals surface area contributed by atoms with Gasteiger partial charge in [-0.25, -0.2) is 4.79 Å². The highest BCUT2D eigenvalue weighted by Crippen LogP contribution is 2.21. The third kappa shape index (κ3) is 2.13. The molecule has 0 radical (unpaired) electrons. The van der Waals surface area contributed by atoms with Crippen LogP contribution in [0.2, 0.25) is 5.02 Å². The van der Waals surface area contributed by atoms with E-state index in [0.29, 0.717) is 10.6 Å². The molecule has 0 saturated carbocycles. The van der Waals surface area contributed by atoms with Gasteiger partial charge in [0.25, 0.3) is 0 Å². The number of hydrogen-bond acceptors (Lipinski definition) is 2. The van der Waals surface area contributed by atoms with Crippen molar-refractivity contribution >= 4 is 17.6 Å². The van der Waals surface area contributed by atoms with E-state index in [-0.39, 0.29) is 5.56 Å². The average molecular weight is 212 g/mol. The lowest BCUT2D eigenvalue weighted by Crippen LogP contribution is -2.12. The third-order valence-electron chi connectivity index (χ3n) is 1.86. The molecule has 14 heavy (non-hydrogen) atoms. The fourth-order valence-electron chi connectivity index (χ4n) is 1.13. The maximum absolute atomic E-state index is 10.8. The van der Waals surface area contributed by atoms with Gasteiger partial charge in [0.1, 0.15) is 0 Å². The Morgan fingerprint density at radius 3 is 2.79 bits per heavy atom. The molecule has 0 amide bonds. The van der Waals surface area contributed by atoms with E-state index < -0.39 is 12.0 Å². The van der Waals surface area contributed by atoms with Crippen molar-refractivity contribution in [3.8, 4) is 0 Å². The van der Waals surface area contributed by atoms with Crippen LogP contribution in [0.3, 0.4) is 0 Å². The van der Waals surface area contributed by atoms with E-state index in [2.05, 4.69) is 6.58 Å². The Bertz CT molecular complexity index is 376. The summed E-state index contributed by atoms with van der Waals surface area (Å²) in [6, 6.07) is 4.09. The highest BCUT2D eigenvalue weighted by atomic mass is 35.5. The number of rotatable bonds is 3. The Morgan fingerprint density at radius 1 is 1.64 bits per heavy atom. The van der Waals surface area contributed by atoms with E-state index in [0.717, 1.165) is 0 Å². The van der Waals surface area contributed by atoms with Crippen LogP contribution in [0.5, 0.6) is 0 Å². The van der Waals surface area contributed by atoms with Gasteiger partial charge >= 0.3 is 5.97 Å². The first-order chi connectivity index (χ1) is 6.56. The molecule has 4 heteroatoms. The summed E-state index contributed by atoms with van der Waals surface area (Å²) in [7, 11) is 0. The van der Waals surface area contributed by atoms with E-state index >= 15 is 0 Å². The van der Waals surface area contributed by atoms with Crippen LogP contribution in [0.4, 0.5) is 0 Å². The number of halogens is 1. The first kappa shape index (κ1) is 10.8. The minimum absolute atomic E-state index is 0.116. The number of benzene rings is 1. The summed E-state index contributed by atoms with van der Waals surface area (Å²) in [6.45, 7) is 3.51. The molecule has 0 saturated heterocycles. The molecule has 0 heterocycles. The Kier molecular flexibility index (Phi) is 3.28. The van der Waals surface area contributed by atoms with Crippen LogP contribution in [-0.2, 0) is 0 Å². The molecule has 0 aliphatic heterocycles. The molecule has 0 bridgehead atoms. The van der Waals surface area contributed by atoms with Crippen LogP contribution < -0.4 is 5.73 Å². The smallest absolute Gasteiger partial charge is 0.336 e. The second-order valence-electron chi connectivity index (χ2n) is 2.80. The molecule has 1 aromatic rings. The topological polar surface area (TPSA) is 63.3 Å². The Hall–Kier alpha value is -1.32. The fourth-order valence-corrected chi connectivity index (χ4v) is 1.30. The van der Waals surface area contributed by atoms with E-state index in [1.807, 2.05) is 0 Å². The maximum atomic E-state index is 10.8. The summed E-state index contributed by atoms with van der Waals surface area (Å²) < 4.78 is 0. The molecule has 3 nitrogen and oxygen atoms in total. The van der Waals surface area contributed by atoms with E-state index in [1.165, 1.54) is 12.1 Å². The van der Waals surface area contributed by atoms with Gasteiger partial charge in [-0.2, -0.15) is 0 Å². The Labute approximate surface area is 86.8 Å². The molecule has 0 aliphatic carbocycles. The van der Waals surface area contributed by atoms with Crippen molar-refractivity contribution in [2.75, 3.05) is 0 Å². The summed E-state index contributed by atoms with van der Waals surface area (Å²) in [6.07, 6.45) is 1.48. The number of carbonyl (C=O) groups is 1. The van der Waals surface area contributed by atoms with Crippen LogP contribution in [0.25, 0.3) is 0 Å². The van der Waals surface area contributed by atoms with Crippen molar-refractivity contribution in [2.45, 2.75) is 6.04 Å². The second kappa shape index (κ2) is 4.26. The number of carboxylic acids is 1. The number of nitrogens with two attached hydrogens (primary N) is 1. The zero-order valence-corrected chi connectivity index (χ0v) is 8.16. The molecule has 1 atom stereocenters. The molecule has 0 unspecified atom stereocenters. The van der Waals surface area contributed by atoms with Gasteiger partial charge in [-0.1, -0.05) is 23.7 Å². The van der Waals surface area contributed by atoms with Gasteiger partial charge in [-0.15, -0.1) is 6.58 Å². The summed E-state index contributed by atoms with van der Waals surface area (Å²) in [4.78, 5) is 10.8. The Morgan fingerprint density at radius 2 is 2.29 bits per heavy atom. The lowest BCUT2D eigenvalue weighted by atomic mass is 10.0. The first-order valence-electron chi connectivity index (χ1n) is 3.97. The van der Waals surface area contributed by atoms with Gasteiger partial charge in [-0.05, 0) is 17.7 Å². The molecule has 1 rings (SSSR count). The second-order valence-corrected chi connectivity index (χ2v) is 3.23. The molecular weight excluding hydrogens is 202 g/mol. The average Bonchev–Trinajstić information content (AvgIpc) is 2.16. The molecule has 0 fully saturated rings. The highest BCUT2D eigenvalue weighted by Gasteiger charge is 2.13. The van der Waals surface area contributed by atoms with Crippen LogP contribution >= 0.6 is 11.6 Å². The predicted octanol–water partition coefficient (Wildman–Crippen LogP) is 2.22. The van der Waals surface area contributed by atoms with Crippen molar-refractivity contribution in [3.05, 3.63) is 47.0 Å². The van der Waals surface area contributed by atoms with Crippen molar-refractivity contribution in [3.63, 3.8) is 0 Å². The third-order valence-corrected chi connectivity index (χ3v) is 2.09. The quantitative estimate of drug-likeness (QED) is 0.754. The van der Waals surface area contributed by atoms with Crippen LogP contribution in [-0.4, -0.2) is 11.1 Å². The van der Waals surface area contributed by atoms with Crippen LogP contribution in [0.1, 0.15) is 22.0 Å². The minimum atomic E-state index is -1.04. The highest BCUT2D eigenvalue weighted by molar-refractivity contribution is 6.31. The monoisotopic (exact) mass is 211 g/mol. The summed E-state index contributed by atoms with van der Waals surface area (Å²) in [5, 5.41) is 9.26. The minimum Gasteiger partial charge on any atom is -0.478 e. The van der Waals surface area contributed by atoms with Crippen molar-refractivity contribution in [1.82, 2.24) is 0 Å². The van der Waals surface area contributed by atoms with Crippen molar-refractivity contribution in [1.29, 1.82) is 0 Å². The zero-order valence-electron chi connectivity index (χ0n) is 7.40. The summed E-state index contributed by atoms with van der Waals surface area (Å²) in [5.41, 5.74) is 6.29. The number of aromatic carboxylic acids is 1. The van der Waals surface area contributed by atoms with E-state index in [4.69, 9.17) is 22.4 Å². The molecule has 1 aromatic carbocycles. The van der Waals surface area contributed by atoms with Crippen molar-refractivity contribution in [2.24, 2.45) is 5.73 Å². The largest absolute Gasteiger partial charge is 0.478 e. The summed E-state index contributed by atoms with van der Waals surface area (Å²) in [5.74, 6) is -1.04. The predicted molar refractivity (Wildman–Crippen MR) is 55.5 cm³/mol. The maximum Gasteiger partial charge on any atom is 0.336 e. The van der Waals surface area contributed by atoms with E-state index in [1.54, 1.807) is 12.1 Å². The Balaban J connectivity index is 3.28. The molecule has 3 N–H and O–H groups in total. The van der Waals surface area contributed by atoms with Gasteiger partial charge in [0.15, 0.2) is 0 Å². The lowest BCUT2D eigenvalue weighted by Gasteiger charge is -2.10. The molecule has 74 valence electrons. The van der Waals surface area contributed by atoms with E-state index in [9.17, 15) is 4.79 Å². The van der Waals surface area contributed by atoms with Gasteiger partial charge < -0.3 is 10.8 Å². The summed E-state index contributed by atoms with van der Waals surface area (Å²) >= 11 is 5.68. The normalized spacial score (nSPS) is 12.1. The van der Waals surface area contributed by atoms with Gasteiger partial charge in [-0.3, -0.25) is 0 Å². The molecule has 0 spiro atoms. The van der Waals surface area contributed by atoms with Crippen molar-refractivity contribution < 1.29 is 9.90 Å². The number of hydrogen-bond donors (Lipinski definition) is 2. The van der Waals surface area contributed by atoms with Gasteiger partial charge in [0.2, 0.25) is 0 Å². The molecule has 0 aromatic heterocycles. The SMILES string of the molecule is C=C[C@H](N)c1ccc(Cl)cc1C(=O)O. The number of carboxylic acid groups (broad SMARTS) is 1. The van der Waals surface area contributed by atoms with Crippen LogP contribution in [0.15, 0.2) is 30.9 Å². The van der Waals surface area contributed by atoms with Crippen LogP contribution in [0, 0.1) is 0 Å². The zero-order chi connectivity index (χ0) is 10.7. The fraction of sp³-hybridized carbons (Fsp3) is 0.100. The molecular formula is C10H10ClNO2. The lowest BCUT2D eigenvalue weighted by molar-refractivity contribution is 0.0695. The standard InChI is InChI=1S/C10H10ClNO2/c1-2-9(12)7-4-3-6(11)5-8(7)10(13)14/h2-5,9H,1,12H2,(H,13,14)/t9-/m0/s1. The molecule has 0 aliphatic rings. The first-order valence-corrected chi connectivity index (χ1v) is 4.35. The van der Waals surface area contributed by atoms with Gasteiger partial charge in [0.05, 0.1) is 5.56 Å². The van der Waals surface area contributed by atoms with Gasteiger partial charge in [0, 0.05) is 11.1 Å².